The Morgan fingerprint density at radius 2 is 1.65 bits per heavy atom. The normalized spacial score (nSPS) is 53.6. The van der Waals surface area contributed by atoms with E-state index in [1.807, 2.05) is 0 Å². The molecule has 0 spiro atoms. The second-order valence-corrected chi connectivity index (χ2v) is 12.9. The molecule has 6 N–H and O–H groups in total. The van der Waals surface area contributed by atoms with Gasteiger partial charge in [0, 0.05) is 5.92 Å². The zero-order chi connectivity index (χ0) is 26.9. The fourth-order valence-electron chi connectivity index (χ4n) is 9.34. The summed E-state index contributed by atoms with van der Waals surface area (Å²) in [6, 6.07) is 0. The van der Waals surface area contributed by atoms with E-state index in [4.69, 9.17) is 9.47 Å². The van der Waals surface area contributed by atoms with Crippen molar-refractivity contribution in [1.29, 1.82) is 0 Å². The van der Waals surface area contributed by atoms with Gasteiger partial charge >= 0.3 is 5.97 Å². The van der Waals surface area contributed by atoms with Gasteiger partial charge in [0.15, 0.2) is 18.2 Å². The Morgan fingerprint density at radius 1 is 0.919 bits per heavy atom. The Kier molecular flexibility index (Phi) is 7.26. The van der Waals surface area contributed by atoms with Gasteiger partial charge in [-0.1, -0.05) is 13.8 Å². The zero-order valence-electron chi connectivity index (χ0n) is 21.6. The van der Waals surface area contributed by atoms with Gasteiger partial charge in [-0.2, -0.15) is 0 Å². The number of aliphatic hydroxyl groups is 5. The van der Waals surface area contributed by atoms with Crippen LogP contribution in [0.4, 0.5) is 0 Å². The number of rotatable bonds is 5. The van der Waals surface area contributed by atoms with Crippen molar-refractivity contribution in [1.82, 2.24) is 0 Å². The predicted octanol–water partition coefficient (Wildman–Crippen LogP) is 0.455. The third-order valence-corrected chi connectivity index (χ3v) is 11.2. The summed E-state index contributed by atoms with van der Waals surface area (Å²) < 4.78 is 10.6. The van der Waals surface area contributed by atoms with Gasteiger partial charge in [-0.3, -0.25) is 4.79 Å². The second kappa shape index (κ2) is 9.80. The number of carboxylic acid groups (broad SMARTS) is 1. The molecule has 0 aromatic rings. The molecule has 4 aliphatic carbocycles. The van der Waals surface area contributed by atoms with Gasteiger partial charge in [-0.05, 0) is 85.9 Å². The highest BCUT2D eigenvalue weighted by atomic mass is 16.7. The first-order chi connectivity index (χ1) is 17.4. The number of ether oxygens (including phenoxy) is 2. The van der Waals surface area contributed by atoms with Crippen LogP contribution in [-0.2, 0) is 19.1 Å². The van der Waals surface area contributed by atoms with Gasteiger partial charge in [0.1, 0.15) is 24.9 Å². The number of Topliss-reactive ketones (excluding diaryl/α,β-unsaturated/α-hetero) is 1. The molecule has 0 radical (unpaired) electrons. The van der Waals surface area contributed by atoms with Crippen molar-refractivity contribution in [3.8, 4) is 0 Å². The van der Waals surface area contributed by atoms with Crippen molar-refractivity contribution in [2.24, 2.45) is 40.4 Å². The van der Waals surface area contributed by atoms with Crippen molar-refractivity contribution in [3.05, 3.63) is 0 Å². The van der Waals surface area contributed by atoms with E-state index in [0.717, 1.165) is 38.5 Å². The Hall–Kier alpha value is -1.14. The molecule has 210 valence electrons. The minimum Gasteiger partial charge on any atom is -0.479 e. The molecule has 5 fully saturated rings. The first kappa shape index (κ1) is 27.4. The maximum absolute atomic E-state index is 13.4. The number of carbonyl (C=O) groups excluding carboxylic acids is 1. The first-order valence-corrected chi connectivity index (χ1v) is 13.8. The lowest BCUT2D eigenvalue weighted by Gasteiger charge is -2.62. The lowest BCUT2D eigenvalue weighted by Crippen LogP contribution is -2.60. The van der Waals surface area contributed by atoms with Gasteiger partial charge in [0.05, 0.1) is 12.2 Å². The van der Waals surface area contributed by atoms with Crippen LogP contribution in [-0.4, -0.2) is 91.9 Å². The highest BCUT2D eigenvalue weighted by Gasteiger charge is 2.64. The quantitative estimate of drug-likeness (QED) is 0.295. The molecule has 5 rings (SSSR count). The smallest absolute Gasteiger partial charge is 0.335 e. The fraction of sp³-hybridized carbons (Fsp3) is 0.926. The second-order valence-electron chi connectivity index (χ2n) is 12.9. The number of ketones is 1. The van der Waals surface area contributed by atoms with E-state index in [1.54, 1.807) is 0 Å². The summed E-state index contributed by atoms with van der Waals surface area (Å²) in [5.41, 5.74) is -0.404. The van der Waals surface area contributed by atoms with Crippen molar-refractivity contribution in [2.75, 3.05) is 6.61 Å². The van der Waals surface area contributed by atoms with Crippen LogP contribution in [0.2, 0.25) is 0 Å². The highest BCUT2D eigenvalue weighted by molar-refractivity contribution is 5.83. The van der Waals surface area contributed by atoms with Crippen molar-refractivity contribution < 1.29 is 49.7 Å². The van der Waals surface area contributed by atoms with Crippen LogP contribution in [0.5, 0.6) is 0 Å². The monoisotopic (exact) mass is 526 g/mol. The number of carboxylic acids is 1. The molecule has 1 heterocycles. The topological polar surface area (TPSA) is 174 Å². The van der Waals surface area contributed by atoms with Crippen LogP contribution >= 0.6 is 0 Å². The highest BCUT2D eigenvalue weighted by Crippen LogP contribution is 2.67. The van der Waals surface area contributed by atoms with Crippen molar-refractivity contribution in [3.63, 3.8) is 0 Å². The van der Waals surface area contributed by atoms with Crippen LogP contribution in [0.25, 0.3) is 0 Å². The van der Waals surface area contributed by atoms with Crippen LogP contribution in [0.1, 0.15) is 65.2 Å². The molecule has 1 saturated heterocycles. The number of aliphatic carboxylic acids is 1. The first-order valence-electron chi connectivity index (χ1n) is 13.8. The zero-order valence-corrected chi connectivity index (χ0v) is 21.6. The minimum atomic E-state index is -1.82. The molecule has 5 aliphatic rings. The summed E-state index contributed by atoms with van der Waals surface area (Å²) in [6.45, 7) is 3.97. The summed E-state index contributed by atoms with van der Waals surface area (Å²) in [4.78, 5) is 24.8. The molecule has 10 heteroatoms. The average molecular weight is 527 g/mol. The maximum atomic E-state index is 13.4. The molecule has 0 aromatic heterocycles. The molecule has 14 atom stereocenters. The molecular weight excluding hydrogens is 484 g/mol. The Balaban J connectivity index is 1.27. The summed E-state index contributed by atoms with van der Waals surface area (Å²) in [5, 5.41) is 61.1. The third kappa shape index (κ3) is 4.37. The summed E-state index contributed by atoms with van der Waals surface area (Å²) in [5.74, 6) is -0.864. The standard InChI is InChI=1S/C27H42O10/c1-26-8-7-13(28)9-12(26)3-4-14-15-5-6-16(27(15,2)10-17(29)19(14)26)18(30)11-36-25-22(33)20(31)21(32)23(37-25)24(34)35/h12-17,19-23,25,28-29,31-33H,3-11H2,1-2H3,(H,34,35)/t12-,13+,14+,15+,16-,17-,19-,20-,21+,22-,23+,25?,26+,27+/m1/s1. The Bertz CT molecular complexity index is 896. The molecule has 1 aliphatic heterocycles. The Morgan fingerprint density at radius 3 is 2.35 bits per heavy atom. The summed E-state index contributed by atoms with van der Waals surface area (Å²) in [6.07, 6.45) is -2.84. The molecule has 0 aromatic carbocycles. The number of carbonyl (C=O) groups is 2. The van der Waals surface area contributed by atoms with Gasteiger partial charge < -0.3 is 40.1 Å². The number of hydrogen-bond acceptors (Lipinski definition) is 9. The van der Waals surface area contributed by atoms with Gasteiger partial charge in [0.25, 0.3) is 0 Å². The van der Waals surface area contributed by atoms with Crippen LogP contribution in [0, 0.1) is 40.4 Å². The van der Waals surface area contributed by atoms with E-state index in [0.29, 0.717) is 30.6 Å². The SMILES string of the molecule is C[C@]12CC[C@H](O)C[C@H]1CC[C@@H]1[C@@H]2[C@H](O)C[C@]2(C)[C@@H](C(=O)COC3O[C@H](C(=O)O)[C@@H](O)[C@@H](O)[C@H]3O)CC[C@@H]12. The van der Waals surface area contributed by atoms with Crippen molar-refractivity contribution in [2.45, 2.75) is 108 Å². The lowest BCUT2D eigenvalue weighted by atomic mass is 9.44. The minimum absolute atomic E-state index is 0.00532. The van der Waals surface area contributed by atoms with E-state index in [9.17, 15) is 40.2 Å². The van der Waals surface area contributed by atoms with Crippen LogP contribution < -0.4 is 0 Å². The molecular formula is C27H42O10. The summed E-state index contributed by atoms with van der Waals surface area (Å²) in [7, 11) is 0. The number of fused-ring (bicyclic) bond motifs is 5. The Labute approximate surface area is 217 Å². The van der Waals surface area contributed by atoms with E-state index < -0.39 is 54.8 Å². The molecule has 10 nitrogen and oxygen atoms in total. The molecule has 0 bridgehead atoms. The lowest BCUT2D eigenvalue weighted by molar-refractivity contribution is -0.292. The fourth-order valence-corrected chi connectivity index (χ4v) is 9.34. The molecule has 0 amide bonds. The molecule has 4 saturated carbocycles. The molecule has 37 heavy (non-hydrogen) atoms. The van der Waals surface area contributed by atoms with Gasteiger partial charge in [-0.25, -0.2) is 4.79 Å². The third-order valence-electron chi connectivity index (χ3n) is 11.2. The van der Waals surface area contributed by atoms with Crippen molar-refractivity contribution >= 4 is 11.8 Å². The van der Waals surface area contributed by atoms with Gasteiger partial charge in [0.2, 0.25) is 0 Å². The van der Waals surface area contributed by atoms with Gasteiger partial charge in [-0.15, -0.1) is 0 Å². The predicted molar refractivity (Wildman–Crippen MR) is 128 cm³/mol. The largest absolute Gasteiger partial charge is 0.479 e. The summed E-state index contributed by atoms with van der Waals surface area (Å²) >= 11 is 0. The van der Waals surface area contributed by atoms with E-state index in [2.05, 4.69) is 13.8 Å². The maximum Gasteiger partial charge on any atom is 0.335 e. The van der Waals surface area contributed by atoms with E-state index in [1.165, 1.54) is 0 Å². The van der Waals surface area contributed by atoms with Crippen LogP contribution in [0.15, 0.2) is 0 Å². The molecule has 1 unspecified atom stereocenters. The van der Waals surface area contributed by atoms with Crippen LogP contribution in [0.3, 0.4) is 0 Å². The van der Waals surface area contributed by atoms with E-state index in [-0.39, 0.29) is 29.1 Å². The van der Waals surface area contributed by atoms with E-state index >= 15 is 0 Å². The number of aliphatic hydroxyl groups excluding tert-OH is 5. The average Bonchev–Trinajstić information content (AvgIpc) is 3.18. The number of hydrogen-bond donors (Lipinski definition) is 6.